The smallest absolute Gasteiger partial charge is 0.252 e. The highest BCUT2D eigenvalue weighted by Gasteiger charge is 2.31. The molecule has 1 aromatic heterocycles. The van der Waals surface area contributed by atoms with E-state index in [0.29, 0.717) is 41.7 Å². The maximum absolute atomic E-state index is 14.0. The molecule has 2 heterocycles. The molecule has 32 heavy (non-hydrogen) atoms. The number of hydrogen-bond donors (Lipinski definition) is 2. The summed E-state index contributed by atoms with van der Waals surface area (Å²) in [7, 11) is 0. The number of rotatable bonds is 5. The molecule has 3 aromatic rings. The van der Waals surface area contributed by atoms with E-state index in [1.165, 1.54) is 24.3 Å². The van der Waals surface area contributed by atoms with Crippen LogP contribution in [-0.4, -0.2) is 38.1 Å². The highest BCUT2D eigenvalue weighted by atomic mass is 35.5. The maximum Gasteiger partial charge on any atom is 0.252 e. The molecule has 0 unspecified atom stereocenters. The molecule has 168 valence electrons. The van der Waals surface area contributed by atoms with E-state index < -0.39 is 11.9 Å². The summed E-state index contributed by atoms with van der Waals surface area (Å²) in [6.07, 6.45) is -1.08. The van der Waals surface area contributed by atoms with Crippen molar-refractivity contribution in [2.45, 2.75) is 33.0 Å². The van der Waals surface area contributed by atoms with Gasteiger partial charge >= 0.3 is 0 Å². The third kappa shape index (κ3) is 4.33. The summed E-state index contributed by atoms with van der Waals surface area (Å²) in [5.74, 6) is -0.256. The molecular weight excluding hydrogens is 438 g/mol. The first kappa shape index (κ1) is 22.2. The number of aliphatic hydroxyl groups excluding tert-OH is 1. The van der Waals surface area contributed by atoms with Crippen LogP contribution in [0.2, 0.25) is 5.02 Å². The number of nitrogens with zero attached hydrogens (tertiary/aromatic N) is 3. The molecule has 1 atom stereocenters. The average molecular weight is 461 g/mol. The molecule has 1 amide bonds. The van der Waals surface area contributed by atoms with Gasteiger partial charge in [-0.25, -0.2) is 13.8 Å². The fourth-order valence-electron chi connectivity index (χ4n) is 3.64. The molecule has 4 rings (SSSR count). The molecule has 1 aliphatic rings. The lowest BCUT2D eigenvalue weighted by Crippen LogP contribution is -2.45. The van der Waals surface area contributed by atoms with Gasteiger partial charge in [0, 0.05) is 24.3 Å². The monoisotopic (exact) mass is 460 g/mol. The van der Waals surface area contributed by atoms with Crippen LogP contribution in [0.1, 0.15) is 19.7 Å². The number of benzene rings is 2. The van der Waals surface area contributed by atoms with Gasteiger partial charge in [-0.15, -0.1) is 0 Å². The van der Waals surface area contributed by atoms with Gasteiger partial charge in [0.15, 0.2) is 0 Å². The van der Waals surface area contributed by atoms with Crippen LogP contribution in [0, 0.1) is 17.6 Å². The summed E-state index contributed by atoms with van der Waals surface area (Å²) in [6.45, 7) is 4.60. The second-order valence-corrected chi connectivity index (χ2v) is 8.49. The van der Waals surface area contributed by atoms with E-state index in [4.69, 9.17) is 16.6 Å². The summed E-state index contributed by atoms with van der Waals surface area (Å²) in [4.78, 5) is 18.9. The molecule has 2 aromatic carbocycles. The van der Waals surface area contributed by atoms with Crippen molar-refractivity contribution >= 4 is 29.0 Å². The highest BCUT2D eigenvalue weighted by molar-refractivity contribution is 6.30. The lowest BCUT2D eigenvalue weighted by Gasteiger charge is -2.31. The Bertz CT molecular complexity index is 1150. The molecule has 6 nitrogen and oxygen atoms in total. The summed E-state index contributed by atoms with van der Waals surface area (Å²) < 4.78 is 29.4. The van der Waals surface area contributed by atoms with Crippen molar-refractivity contribution in [2.24, 2.45) is 5.92 Å². The van der Waals surface area contributed by atoms with Crippen LogP contribution in [0.3, 0.4) is 0 Å². The summed E-state index contributed by atoms with van der Waals surface area (Å²) in [5, 5.41) is 13.4. The number of carbonyl (C=O) groups is 1. The van der Waals surface area contributed by atoms with Gasteiger partial charge in [-0.3, -0.25) is 4.79 Å². The van der Waals surface area contributed by atoms with Crippen molar-refractivity contribution in [3.8, 4) is 11.3 Å². The molecule has 0 fully saturated rings. The van der Waals surface area contributed by atoms with Gasteiger partial charge in [0.2, 0.25) is 0 Å². The second-order valence-electron chi connectivity index (χ2n) is 8.09. The zero-order chi connectivity index (χ0) is 23.0. The molecule has 0 spiro atoms. The first-order valence-corrected chi connectivity index (χ1v) is 10.7. The molecule has 9 heteroatoms. The van der Waals surface area contributed by atoms with E-state index in [2.05, 4.69) is 5.32 Å². The van der Waals surface area contributed by atoms with E-state index in [9.17, 15) is 18.7 Å². The molecule has 0 radical (unpaired) electrons. The fourth-order valence-corrected chi connectivity index (χ4v) is 3.76. The molecule has 0 saturated heterocycles. The Labute approximate surface area is 189 Å². The lowest BCUT2D eigenvalue weighted by molar-refractivity contribution is -0.144. The Hall–Kier alpha value is -2.97. The minimum Gasteiger partial charge on any atom is -0.383 e. The van der Waals surface area contributed by atoms with E-state index in [1.807, 2.05) is 4.57 Å². The molecule has 0 bridgehead atoms. The zero-order valence-electron chi connectivity index (χ0n) is 17.6. The summed E-state index contributed by atoms with van der Waals surface area (Å²) >= 11 is 5.80. The Balaban J connectivity index is 1.72. The first-order chi connectivity index (χ1) is 15.2. The van der Waals surface area contributed by atoms with Crippen LogP contribution in [-0.2, 0) is 17.9 Å². The van der Waals surface area contributed by atoms with E-state index in [-0.39, 0.29) is 29.2 Å². The van der Waals surface area contributed by atoms with Gasteiger partial charge < -0.3 is 19.9 Å². The number of imidazole rings is 1. The van der Waals surface area contributed by atoms with Crippen molar-refractivity contribution in [3.05, 3.63) is 64.9 Å². The van der Waals surface area contributed by atoms with Crippen LogP contribution in [0.4, 0.5) is 20.3 Å². The minimum atomic E-state index is -1.08. The first-order valence-electron chi connectivity index (χ1n) is 10.3. The predicted molar refractivity (Wildman–Crippen MR) is 119 cm³/mol. The number of anilines is 2. The standard InChI is InChI=1S/C23H23ClF2N4O2/c1-13(2)21(31)23(32)29-9-10-30-19(12-29)28-20(14-3-5-15(25)6-4-14)22(30)27-16-7-8-17(24)18(26)11-16/h3-8,11,13,21,27,31H,9-10,12H2,1-2H3/t21-/m0/s1. The van der Waals surface area contributed by atoms with Crippen LogP contribution in [0.15, 0.2) is 42.5 Å². The van der Waals surface area contributed by atoms with Gasteiger partial charge in [-0.05, 0) is 48.4 Å². The highest BCUT2D eigenvalue weighted by Crippen LogP contribution is 2.34. The normalized spacial score (nSPS) is 14.4. The van der Waals surface area contributed by atoms with Crippen LogP contribution in [0.25, 0.3) is 11.3 Å². The van der Waals surface area contributed by atoms with Gasteiger partial charge in [-0.1, -0.05) is 25.4 Å². The summed E-state index contributed by atoms with van der Waals surface area (Å²) in [6, 6.07) is 10.3. The predicted octanol–water partition coefficient (Wildman–Crippen LogP) is 4.58. The van der Waals surface area contributed by atoms with Crippen molar-refractivity contribution in [2.75, 3.05) is 11.9 Å². The van der Waals surface area contributed by atoms with Crippen molar-refractivity contribution in [1.29, 1.82) is 0 Å². The number of amides is 1. The second kappa shape index (κ2) is 8.88. The zero-order valence-corrected chi connectivity index (χ0v) is 18.4. The molecule has 0 aliphatic carbocycles. The van der Waals surface area contributed by atoms with Crippen LogP contribution >= 0.6 is 11.6 Å². The SMILES string of the molecule is CC(C)[C@H](O)C(=O)N1CCn2c(nc(-c3ccc(F)cc3)c2Nc2ccc(Cl)c(F)c2)C1. The molecule has 2 N–H and O–H groups in total. The third-order valence-electron chi connectivity index (χ3n) is 5.47. The average Bonchev–Trinajstić information content (AvgIpc) is 3.13. The van der Waals surface area contributed by atoms with Gasteiger partial charge in [0.25, 0.3) is 5.91 Å². The summed E-state index contributed by atoms with van der Waals surface area (Å²) in [5.41, 5.74) is 1.70. The molecule has 1 aliphatic heterocycles. The van der Waals surface area contributed by atoms with Crippen LogP contribution in [0.5, 0.6) is 0 Å². The van der Waals surface area contributed by atoms with Gasteiger partial charge in [-0.2, -0.15) is 0 Å². The molecular formula is C23H23ClF2N4O2. The number of halogens is 3. The topological polar surface area (TPSA) is 70.4 Å². The van der Waals surface area contributed by atoms with Crippen LogP contribution < -0.4 is 5.32 Å². The minimum absolute atomic E-state index is 0.0162. The van der Waals surface area contributed by atoms with E-state index in [0.717, 1.165) is 0 Å². The number of carbonyl (C=O) groups excluding carboxylic acids is 1. The third-order valence-corrected chi connectivity index (χ3v) is 5.78. The number of hydrogen-bond acceptors (Lipinski definition) is 4. The Morgan fingerprint density at radius 2 is 1.88 bits per heavy atom. The van der Waals surface area contributed by atoms with Crippen molar-refractivity contribution < 1.29 is 18.7 Å². The largest absolute Gasteiger partial charge is 0.383 e. The van der Waals surface area contributed by atoms with Crippen molar-refractivity contribution in [3.63, 3.8) is 0 Å². The number of nitrogens with one attached hydrogen (secondary N) is 1. The Kier molecular flexibility index (Phi) is 6.17. The Morgan fingerprint density at radius 1 is 1.16 bits per heavy atom. The molecule has 0 saturated carbocycles. The number of aliphatic hydroxyl groups is 1. The number of aromatic nitrogens is 2. The van der Waals surface area contributed by atoms with E-state index >= 15 is 0 Å². The van der Waals surface area contributed by atoms with Crippen molar-refractivity contribution in [1.82, 2.24) is 14.5 Å². The quantitative estimate of drug-likeness (QED) is 0.584. The van der Waals surface area contributed by atoms with Gasteiger partial charge in [0.05, 0.1) is 11.6 Å². The lowest BCUT2D eigenvalue weighted by atomic mass is 10.1. The fraction of sp³-hybridized carbons (Fsp3) is 0.304. The number of fused-ring (bicyclic) bond motifs is 1. The van der Waals surface area contributed by atoms with E-state index in [1.54, 1.807) is 36.9 Å². The Morgan fingerprint density at radius 3 is 2.53 bits per heavy atom. The van der Waals surface area contributed by atoms with Gasteiger partial charge in [0.1, 0.15) is 35.1 Å². The maximum atomic E-state index is 14.0.